The van der Waals surface area contributed by atoms with Crippen LogP contribution in [0.3, 0.4) is 0 Å². The first-order chi connectivity index (χ1) is 10.2. The van der Waals surface area contributed by atoms with Gasteiger partial charge in [-0.3, -0.25) is 0 Å². The highest BCUT2D eigenvalue weighted by Gasteiger charge is 2.16. The Morgan fingerprint density at radius 2 is 1.71 bits per heavy atom. The number of nitrogens with one attached hydrogen (secondary N) is 1. The van der Waals surface area contributed by atoms with Gasteiger partial charge in [-0.05, 0) is 48.1 Å². The van der Waals surface area contributed by atoms with Crippen LogP contribution in [-0.2, 0) is 6.42 Å². The fourth-order valence-corrected chi connectivity index (χ4v) is 3.08. The zero-order valence-electron chi connectivity index (χ0n) is 13.7. The van der Waals surface area contributed by atoms with E-state index >= 15 is 0 Å². The third-order valence-electron chi connectivity index (χ3n) is 4.36. The largest absolute Gasteiger partial charge is 0.313 e. The maximum Gasteiger partial charge on any atom is 0.0133 e. The Labute approximate surface area is 129 Å². The standard InChI is InChI=1S/C20H29N/c1-4-8-16(3)20(21-13-5-2)15-17-11-12-18-9-6-7-10-19(18)14-17/h6-7,9-12,14,16,20-21H,4-5,8,13,15H2,1-3H3. The van der Waals surface area contributed by atoms with E-state index in [1.807, 2.05) is 0 Å². The highest BCUT2D eigenvalue weighted by Crippen LogP contribution is 2.20. The number of rotatable bonds is 8. The zero-order chi connectivity index (χ0) is 15.1. The van der Waals surface area contributed by atoms with Crippen molar-refractivity contribution in [1.29, 1.82) is 0 Å². The van der Waals surface area contributed by atoms with Gasteiger partial charge in [0.15, 0.2) is 0 Å². The molecule has 2 unspecified atom stereocenters. The van der Waals surface area contributed by atoms with Gasteiger partial charge in [-0.15, -0.1) is 0 Å². The van der Waals surface area contributed by atoms with Crippen LogP contribution < -0.4 is 5.32 Å². The molecule has 114 valence electrons. The Morgan fingerprint density at radius 3 is 2.43 bits per heavy atom. The van der Waals surface area contributed by atoms with Crippen LogP contribution in [0.5, 0.6) is 0 Å². The minimum Gasteiger partial charge on any atom is -0.313 e. The van der Waals surface area contributed by atoms with E-state index in [2.05, 4.69) is 68.6 Å². The Balaban J connectivity index is 2.12. The lowest BCUT2D eigenvalue weighted by atomic mass is 9.90. The second kappa shape index (κ2) is 8.19. The van der Waals surface area contributed by atoms with Crippen molar-refractivity contribution in [3.05, 3.63) is 48.0 Å². The number of hydrogen-bond acceptors (Lipinski definition) is 1. The molecule has 0 radical (unpaired) electrons. The molecule has 0 saturated carbocycles. The van der Waals surface area contributed by atoms with E-state index in [9.17, 15) is 0 Å². The molecular formula is C20H29N. The van der Waals surface area contributed by atoms with Gasteiger partial charge in [-0.25, -0.2) is 0 Å². The van der Waals surface area contributed by atoms with Crippen LogP contribution in [0.15, 0.2) is 42.5 Å². The summed E-state index contributed by atoms with van der Waals surface area (Å²) in [6.07, 6.45) is 4.90. The Bertz CT molecular complexity index is 546. The summed E-state index contributed by atoms with van der Waals surface area (Å²) in [6, 6.07) is 16.1. The Hall–Kier alpha value is -1.34. The van der Waals surface area contributed by atoms with E-state index in [-0.39, 0.29) is 0 Å². The van der Waals surface area contributed by atoms with Crippen LogP contribution in [0.25, 0.3) is 10.8 Å². The van der Waals surface area contributed by atoms with Gasteiger partial charge in [0.1, 0.15) is 0 Å². The molecule has 0 spiro atoms. The predicted octanol–water partition coefficient (Wildman–Crippen LogP) is 5.19. The summed E-state index contributed by atoms with van der Waals surface area (Å²) in [7, 11) is 0. The maximum absolute atomic E-state index is 3.75. The second-order valence-corrected chi connectivity index (χ2v) is 6.21. The summed E-state index contributed by atoms with van der Waals surface area (Å²) in [6.45, 7) is 8.03. The average molecular weight is 283 g/mol. The van der Waals surface area contributed by atoms with Crippen LogP contribution in [0.2, 0.25) is 0 Å². The molecule has 0 aliphatic heterocycles. The molecule has 1 N–H and O–H groups in total. The molecule has 0 aliphatic carbocycles. The molecule has 1 nitrogen and oxygen atoms in total. The molecular weight excluding hydrogens is 254 g/mol. The Morgan fingerprint density at radius 1 is 0.952 bits per heavy atom. The molecule has 21 heavy (non-hydrogen) atoms. The van der Waals surface area contributed by atoms with E-state index in [0.29, 0.717) is 6.04 Å². The summed E-state index contributed by atoms with van der Waals surface area (Å²) in [4.78, 5) is 0. The average Bonchev–Trinajstić information content (AvgIpc) is 2.51. The van der Waals surface area contributed by atoms with Crippen LogP contribution in [0.1, 0.15) is 45.6 Å². The van der Waals surface area contributed by atoms with E-state index in [1.165, 1.54) is 35.6 Å². The van der Waals surface area contributed by atoms with Crippen molar-refractivity contribution in [2.45, 2.75) is 52.5 Å². The van der Waals surface area contributed by atoms with Crippen molar-refractivity contribution in [2.24, 2.45) is 5.92 Å². The predicted molar refractivity (Wildman–Crippen MR) is 93.8 cm³/mol. The minimum absolute atomic E-state index is 0.589. The zero-order valence-corrected chi connectivity index (χ0v) is 13.7. The quantitative estimate of drug-likeness (QED) is 0.703. The molecule has 0 aliphatic rings. The lowest BCUT2D eigenvalue weighted by Crippen LogP contribution is -2.37. The van der Waals surface area contributed by atoms with Crippen molar-refractivity contribution >= 4 is 10.8 Å². The molecule has 0 aromatic heterocycles. The molecule has 2 aromatic rings. The van der Waals surface area contributed by atoms with Crippen LogP contribution in [0, 0.1) is 5.92 Å². The van der Waals surface area contributed by atoms with Crippen LogP contribution in [0.4, 0.5) is 0 Å². The summed E-state index contributed by atoms with van der Waals surface area (Å²) >= 11 is 0. The first kappa shape index (κ1) is 16.0. The molecule has 2 rings (SSSR count). The maximum atomic E-state index is 3.75. The van der Waals surface area contributed by atoms with Crippen molar-refractivity contribution in [1.82, 2.24) is 5.32 Å². The first-order valence-corrected chi connectivity index (χ1v) is 8.45. The van der Waals surface area contributed by atoms with Crippen molar-refractivity contribution in [3.63, 3.8) is 0 Å². The third kappa shape index (κ3) is 4.57. The van der Waals surface area contributed by atoms with Gasteiger partial charge in [0.05, 0.1) is 0 Å². The van der Waals surface area contributed by atoms with E-state index in [4.69, 9.17) is 0 Å². The molecule has 2 atom stereocenters. The molecule has 2 aromatic carbocycles. The van der Waals surface area contributed by atoms with E-state index < -0.39 is 0 Å². The summed E-state index contributed by atoms with van der Waals surface area (Å²) in [5, 5.41) is 6.44. The molecule has 0 amide bonds. The fourth-order valence-electron chi connectivity index (χ4n) is 3.08. The normalized spacial score (nSPS) is 14.2. The highest BCUT2D eigenvalue weighted by atomic mass is 14.9. The number of benzene rings is 2. The molecule has 0 fully saturated rings. The highest BCUT2D eigenvalue weighted by molar-refractivity contribution is 5.82. The first-order valence-electron chi connectivity index (χ1n) is 8.45. The van der Waals surface area contributed by atoms with Crippen LogP contribution in [-0.4, -0.2) is 12.6 Å². The molecule has 0 saturated heterocycles. The van der Waals surface area contributed by atoms with Crippen molar-refractivity contribution < 1.29 is 0 Å². The van der Waals surface area contributed by atoms with Crippen molar-refractivity contribution in [3.8, 4) is 0 Å². The monoisotopic (exact) mass is 283 g/mol. The Kier molecular flexibility index (Phi) is 6.25. The van der Waals surface area contributed by atoms with Gasteiger partial charge in [0.25, 0.3) is 0 Å². The number of fused-ring (bicyclic) bond motifs is 1. The van der Waals surface area contributed by atoms with Crippen molar-refractivity contribution in [2.75, 3.05) is 6.54 Å². The smallest absolute Gasteiger partial charge is 0.0133 e. The topological polar surface area (TPSA) is 12.0 Å². The van der Waals surface area contributed by atoms with Gasteiger partial charge in [-0.1, -0.05) is 69.7 Å². The molecule has 0 heterocycles. The lowest BCUT2D eigenvalue weighted by Gasteiger charge is -2.25. The summed E-state index contributed by atoms with van der Waals surface area (Å²) < 4.78 is 0. The van der Waals surface area contributed by atoms with Gasteiger partial charge < -0.3 is 5.32 Å². The SMILES string of the molecule is CCCNC(Cc1ccc2ccccc2c1)C(C)CCC. The van der Waals surface area contributed by atoms with Gasteiger partial charge in [0, 0.05) is 6.04 Å². The third-order valence-corrected chi connectivity index (χ3v) is 4.36. The lowest BCUT2D eigenvalue weighted by molar-refractivity contribution is 0.352. The summed E-state index contributed by atoms with van der Waals surface area (Å²) in [5.74, 6) is 0.730. The molecule has 0 bridgehead atoms. The van der Waals surface area contributed by atoms with Gasteiger partial charge in [-0.2, -0.15) is 0 Å². The van der Waals surface area contributed by atoms with Crippen LogP contribution >= 0.6 is 0 Å². The number of hydrogen-bond donors (Lipinski definition) is 1. The fraction of sp³-hybridized carbons (Fsp3) is 0.500. The van der Waals surface area contributed by atoms with Gasteiger partial charge in [0.2, 0.25) is 0 Å². The van der Waals surface area contributed by atoms with E-state index in [1.54, 1.807) is 0 Å². The second-order valence-electron chi connectivity index (χ2n) is 6.21. The molecule has 1 heteroatoms. The summed E-state index contributed by atoms with van der Waals surface area (Å²) in [5.41, 5.74) is 1.45. The van der Waals surface area contributed by atoms with Gasteiger partial charge >= 0.3 is 0 Å². The van der Waals surface area contributed by atoms with E-state index in [0.717, 1.165) is 18.9 Å². The minimum atomic E-state index is 0.589.